The molecule has 130 valence electrons. The number of benzene rings is 1. The summed E-state index contributed by atoms with van der Waals surface area (Å²) in [6.07, 6.45) is 1.09. The van der Waals surface area contributed by atoms with Gasteiger partial charge in [0.15, 0.2) is 15.6 Å². The fraction of sp³-hybridized carbons (Fsp3) is 0.176. The molecule has 0 spiro atoms. The third-order valence-corrected chi connectivity index (χ3v) is 5.53. The number of rotatable bonds is 5. The number of aryl methyl sites for hydroxylation is 1. The van der Waals surface area contributed by atoms with Crippen molar-refractivity contribution in [2.24, 2.45) is 0 Å². The highest BCUT2D eigenvalue weighted by molar-refractivity contribution is 7.90. The molecule has 0 fully saturated rings. The maximum atomic E-state index is 12.3. The minimum Gasteiger partial charge on any atom is -0.455 e. The Morgan fingerprint density at radius 1 is 1.28 bits per heavy atom. The van der Waals surface area contributed by atoms with Crippen LogP contribution in [0, 0.1) is 6.92 Å². The number of carbonyl (C=O) groups is 1. The van der Waals surface area contributed by atoms with Crippen molar-refractivity contribution in [1.82, 2.24) is 5.16 Å². The number of carbonyl (C=O) groups excluding carboxylic acids is 1. The molecule has 6 nitrogen and oxygen atoms in total. The van der Waals surface area contributed by atoms with Crippen molar-refractivity contribution in [1.29, 1.82) is 0 Å². The van der Waals surface area contributed by atoms with Gasteiger partial charge < -0.3 is 9.26 Å². The van der Waals surface area contributed by atoms with E-state index in [1.54, 1.807) is 19.1 Å². The van der Waals surface area contributed by atoms with Crippen LogP contribution in [0.2, 0.25) is 0 Å². The largest absolute Gasteiger partial charge is 0.455 e. The molecular weight excluding hydrogens is 362 g/mol. The molecule has 2 heterocycles. The summed E-state index contributed by atoms with van der Waals surface area (Å²) >= 11 is 1.52. The van der Waals surface area contributed by atoms with Crippen molar-refractivity contribution < 1.29 is 22.5 Å². The van der Waals surface area contributed by atoms with E-state index < -0.39 is 15.8 Å². The van der Waals surface area contributed by atoms with Gasteiger partial charge >= 0.3 is 5.97 Å². The lowest BCUT2D eigenvalue weighted by atomic mass is 10.1. The van der Waals surface area contributed by atoms with E-state index in [9.17, 15) is 13.2 Å². The second-order valence-electron chi connectivity index (χ2n) is 5.48. The van der Waals surface area contributed by atoms with Crippen LogP contribution in [0.15, 0.2) is 51.2 Å². The molecule has 0 aliphatic rings. The van der Waals surface area contributed by atoms with Crippen molar-refractivity contribution in [2.45, 2.75) is 18.4 Å². The normalized spacial score (nSPS) is 11.4. The summed E-state index contributed by atoms with van der Waals surface area (Å²) in [6, 6.07) is 9.89. The van der Waals surface area contributed by atoms with Crippen LogP contribution in [0.25, 0.3) is 10.6 Å². The summed E-state index contributed by atoms with van der Waals surface area (Å²) < 4.78 is 33.7. The second kappa shape index (κ2) is 6.81. The lowest BCUT2D eigenvalue weighted by molar-refractivity contribution is 0.0463. The molecule has 2 aromatic heterocycles. The van der Waals surface area contributed by atoms with Crippen LogP contribution in [0.4, 0.5) is 0 Å². The summed E-state index contributed by atoms with van der Waals surface area (Å²) in [5.41, 5.74) is 1.33. The highest BCUT2D eigenvalue weighted by atomic mass is 32.2. The lowest BCUT2D eigenvalue weighted by Crippen LogP contribution is -2.09. The number of hydrogen-bond donors (Lipinski definition) is 0. The van der Waals surface area contributed by atoms with Gasteiger partial charge in [0.25, 0.3) is 0 Å². The number of sulfone groups is 1. The van der Waals surface area contributed by atoms with E-state index in [4.69, 9.17) is 9.26 Å². The van der Waals surface area contributed by atoms with Crippen LogP contribution >= 0.6 is 11.3 Å². The molecule has 0 amide bonds. The molecule has 0 saturated heterocycles. The van der Waals surface area contributed by atoms with Gasteiger partial charge in [0.2, 0.25) is 0 Å². The molecule has 8 heteroatoms. The van der Waals surface area contributed by atoms with Gasteiger partial charge in [-0.1, -0.05) is 17.3 Å². The van der Waals surface area contributed by atoms with E-state index in [2.05, 4.69) is 5.16 Å². The topological polar surface area (TPSA) is 86.5 Å². The zero-order valence-corrected chi connectivity index (χ0v) is 15.2. The number of nitrogens with zero attached hydrogens (tertiary/aromatic N) is 1. The monoisotopic (exact) mass is 377 g/mol. The van der Waals surface area contributed by atoms with E-state index in [1.165, 1.54) is 23.5 Å². The first-order chi connectivity index (χ1) is 11.8. The Bertz CT molecular complexity index is 1000. The van der Waals surface area contributed by atoms with E-state index in [1.807, 2.05) is 17.5 Å². The summed E-state index contributed by atoms with van der Waals surface area (Å²) in [4.78, 5) is 13.3. The van der Waals surface area contributed by atoms with Gasteiger partial charge in [0.1, 0.15) is 12.3 Å². The Kier molecular flexibility index (Phi) is 4.73. The van der Waals surface area contributed by atoms with Crippen LogP contribution < -0.4 is 0 Å². The first-order valence-corrected chi connectivity index (χ1v) is 10.1. The third-order valence-electron chi connectivity index (χ3n) is 3.53. The average molecular weight is 377 g/mol. The molecular formula is C17H15NO5S2. The zero-order valence-electron chi connectivity index (χ0n) is 13.6. The van der Waals surface area contributed by atoms with Crippen LogP contribution in [-0.4, -0.2) is 25.8 Å². The fourth-order valence-electron chi connectivity index (χ4n) is 2.18. The second-order valence-corrected chi connectivity index (χ2v) is 8.45. The first kappa shape index (κ1) is 17.4. The van der Waals surface area contributed by atoms with E-state index in [-0.39, 0.29) is 17.1 Å². The van der Waals surface area contributed by atoms with E-state index in [0.29, 0.717) is 17.0 Å². The van der Waals surface area contributed by atoms with Crippen molar-refractivity contribution in [2.75, 3.05) is 6.26 Å². The van der Waals surface area contributed by atoms with Crippen LogP contribution in [0.5, 0.6) is 0 Å². The maximum absolute atomic E-state index is 12.3. The lowest BCUT2D eigenvalue weighted by Gasteiger charge is -2.07. The maximum Gasteiger partial charge on any atom is 0.338 e. The molecule has 25 heavy (non-hydrogen) atoms. The predicted molar refractivity (Wildman–Crippen MR) is 93.2 cm³/mol. The van der Waals surface area contributed by atoms with Crippen molar-refractivity contribution >= 4 is 27.1 Å². The molecule has 0 saturated carbocycles. The van der Waals surface area contributed by atoms with Crippen LogP contribution in [0.1, 0.15) is 21.6 Å². The van der Waals surface area contributed by atoms with E-state index in [0.717, 1.165) is 11.1 Å². The van der Waals surface area contributed by atoms with Crippen molar-refractivity contribution in [3.63, 3.8) is 0 Å². The molecule has 0 atom stereocenters. The van der Waals surface area contributed by atoms with Crippen LogP contribution in [0.3, 0.4) is 0 Å². The van der Waals surface area contributed by atoms with Gasteiger partial charge in [-0.2, -0.15) is 0 Å². The Labute approximate surface area is 149 Å². The number of hydrogen-bond acceptors (Lipinski definition) is 7. The highest BCUT2D eigenvalue weighted by Gasteiger charge is 2.16. The van der Waals surface area contributed by atoms with Crippen molar-refractivity contribution in [3.05, 3.63) is 58.6 Å². The fourth-order valence-corrected chi connectivity index (χ4v) is 3.50. The van der Waals surface area contributed by atoms with Crippen molar-refractivity contribution in [3.8, 4) is 10.6 Å². The molecule has 0 radical (unpaired) electrons. The minimum atomic E-state index is -3.40. The molecule has 3 aromatic rings. The summed E-state index contributed by atoms with van der Waals surface area (Å²) in [7, 11) is -3.40. The standard InChI is InChI=1S/C17H15NO5S2/c1-11-5-6-13(25(2,20)21)9-14(11)17(19)22-10-12-8-15(23-18-12)16-4-3-7-24-16/h3-9H,10H2,1-2H3. The first-order valence-electron chi connectivity index (χ1n) is 7.32. The summed E-state index contributed by atoms with van der Waals surface area (Å²) in [5, 5.41) is 5.80. The predicted octanol–water partition coefficient (Wildman–Crippen LogP) is 3.47. The smallest absolute Gasteiger partial charge is 0.338 e. The number of aromatic nitrogens is 1. The quantitative estimate of drug-likeness (QED) is 0.633. The summed E-state index contributed by atoms with van der Waals surface area (Å²) in [5.74, 6) is -0.0000214. The Balaban J connectivity index is 1.73. The SMILES string of the molecule is Cc1ccc(S(C)(=O)=O)cc1C(=O)OCc1cc(-c2cccs2)on1. The molecule has 0 aliphatic carbocycles. The number of thiophene rings is 1. The zero-order chi connectivity index (χ0) is 18.0. The Morgan fingerprint density at radius 2 is 2.08 bits per heavy atom. The average Bonchev–Trinajstić information content (AvgIpc) is 3.23. The summed E-state index contributed by atoms with van der Waals surface area (Å²) in [6.45, 7) is 1.66. The van der Waals surface area contributed by atoms with Gasteiger partial charge in [-0.25, -0.2) is 13.2 Å². The molecule has 0 unspecified atom stereocenters. The number of ether oxygens (including phenoxy) is 1. The Morgan fingerprint density at radius 3 is 2.76 bits per heavy atom. The molecule has 0 N–H and O–H groups in total. The van der Waals surface area contributed by atoms with Gasteiger partial charge in [-0.3, -0.25) is 0 Å². The van der Waals surface area contributed by atoms with E-state index >= 15 is 0 Å². The molecule has 3 rings (SSSR count). The molecule has 0 bridgehead atoms. The van der Waals surface area contributed by atoms with Gasteiger partial charge in [-0.15, -0.1) is 11.3 Å². The van der Waals surface area contributed by atoms with Gasteiger partial charge in [0, 0.05) is 12.3 Å². The molecule has 0 aliphatic heterocycles. The van der Waals surface area contributed by atoms with Crippen LogP contribution in [-0.2, 0) is 21.2 Å². The minimum absolute atomic E-state index is 0.0593. The third kappa shape index (κ3) is 3.97. The Hall–Kier alpha value is -2.45. The number of esters is 1. The van der Waals surface area contributed by atoms with Gasteiger partial charge in [0.05, 0.1) is 15.3 Å². The van der Waals surface area contributed by atoms with Gasteiger partial charge in [-0.05, 0) is 36.1 Å². The molecule has 1 aromatic carbocycles. The highest BCUT2D eigenvalue weighted by Crippen LogP contribution is 2.25.